The number of rotatable bonds is 0. The summed E-state index contributed by atoms with van der Waals surface area (Å²) in [5.41, 5.74) is -0.213. The van der Waals surface area contributed by atoms with Gasteiger partial charge in [0.1, 0.15) is 11.4 Å². The van der Waals surface area contributed by atoms with Gasteiger partial charge in [0, 0.05) is 25.9 Å². The Hall–Kier alpha value is -0.450. The molecule has 0 aromatic rings. The van der Waals surface area contributed by atoms with Crippen molar-refractivity contribution in [3.63, 3.8) is 0 Å². The van der Waals surface area contributed by atoms with Crippen molar-refractivity contribution in [3.8, 4) is 0 Å². The molecule has 0 unspecified atom stereocenters. The van der Waals surface area contributed by atoms with Gasteiger partial charge >= 0.3 is 0 Å². The number of ketones is 1. The molecule has 2 aliphatic heterocycles. The van der Waals surface area contributed by atoms with Gasteiger partial charge in [0.15, 0.2) is 6.29 Å². The van der Waals surface area contributed by atoms with Gasteiger partial charge < -0.3 is 14.2 Å². The van der Waals surface area contributed by atoms with E-state index in [0.29, 0.717) is 25.2 Å². The lowest BCUT2D eigenvalue weighted by molar-refractivity contribution is -0.128. The van der Waals surface area contributed by atoms with Gasteiger partial charge in [-0.15, -0.1) is 0 Å². The van der Waals surface area contributed by atoms with E-state index in [2.05, 4.69) is 0 Å². The highest BCUT2D eigenvalue weighted by Crippen LogP contribution is 2.43. The van der Waals surface area contributed by atoms with E-state index in [-0.39, 0.29) is 18.0 Å². The molecule has 1 spiro atoms. The molecular formula is C10H14O4. The second kappa shape index (κ2) is 3.02. The van der Waals surface area contributed by atoms with Crippen LogP contribution in [0.3, 0.4) is 0 Å². The molecule has 1 saturated carbocycles. The quantitative estimate of drug-likeness (QED) is 0.573. The molecule has 0 N–H and O–H groups in total. The van der Waals surface area contributed by atoms with Crippen LogP contribution in [-0.4, -0.2) is 37.0 Å². The lowest BCUT2D eigenvalue weighted by atomic mass is 9.79. The number of carbonyl (C=O) groups excluding carboxylic acids is 1. The topological polar surface area (TPSA) is 44.8 Å². The lowest BCUT2D eigenvalue weighted by Crippen LogP contribution is -2.45. The summed E-state index contributed by atoms with van der Waals surface area (Å²) in [4.78, 5) is 11.3. The zero-order valence-electron chi connectivity index (χ0n) is 8.03. The number of Topliss-reactive ketones (excluding diaryl/α,β-unsaturated/α-hetero) is 1. The fourth-order valence-corrected chi connectivity index (χ4v) is 2.63. The van der Waals surface area contributed by atoms with Crippen molar-refractivity contribution in [1.29, 1.82) is 0 Å². The van der Waals surface area contributed by atoms with Crippen molar-refractivity contribution < 1.29 is 19.0 Å². The Morgan fingerprint density at radius 1 is 1.36 bits per heavy atom. The number of hydrogen-bond donors (Lipinski definition) is 0. The monoisotopic (exact) mass is 198 g/mol. The van der Waals surface area contributed by atoms with E-state index in [1.54, 1.807) is 0 Å². The largest absolute Gasteiger partial charge is 0.376 e. The fraction of sp³-hybridized carbons (Fsp3) is 0.900. The molecule has 2 saturated heterocycles. The van der Waals surface area contributed by atoms with Crippen LogP contribution in [0.5, 0.6) is 0 Å². The average Bonchev–Trinajstić information content (AvgIpc) is 2.36. The van der Waals surface area contributed by atoms with Crippen LogP contribution < -0.4 is 0 Å². The highest BCUT2D eigenvalue weighted by Gasteiger charge is 2.53. The predicted molar refractivity (Wildman–Crippen MR) is 46.8 cm³/mol. The zero-order chi connectivity index (χ0) is 9.60. The molecule has 78 valence electrons. The molecule has 4 heteroatoms. The molecule has 14 heavy (non-hydrogen) atoms. The molecule has 3 atom stereocenters. The molecule has 4 nitrogen and oxygen atoms in total. The van der Waals surface area contributed by atoms with E-state index in [1.807, 2.05) is 0 Å². The average molecular weight is 198 g/mol. The maximum absolute atomic E-state index is 11.3. The van der Waals surface area contributed by atoms with Crippen LogP contribution >= 0.6 is 0 Å². The summed E-state index contributed by atoms with van der Waals surface area (Å²) < 4.78 is 16.9. The smallest absolute Gasteiger partial charge is 0.182 e. The molecule has 0 radical (unpaired) electrons. The summed E-state index contributed by atoms with van der Waals surface area (Å²) in [6, 6.07) is 0. The Balaban J connectivity index is 1.87. The minimum Gasteiger partial charge on any atom is -0.376 e. The van der Waals surface area contributed by atoms with Gasteiger partial charge in [0.2, 0.25) is 0 Å². The first kappa shape index (κ1) is 8.83. The first-order valence-corrected chi connectivity index (χ1v) is 5.21. The van der Waals surface area contributed by atoms with Crippen LogP contribution in [0.4, 0.5) is 0 Å². The molecule has 0 aromatic carbocycles. The third kappa shape index (κ3) is 1.21. The van der Waals surface area contributed by atoms with E-state index in [0.717, 1.165) is 19.4 Å². The Bertz CT molecular complexity index is 265. The van der Waals surface area contributed by atoms with Gasteiger partial charge in [-0.1, -0.05) is 0 Å². The first-order valence-electron chi connectivity index (χ1n) is 5.21. The van der Waals surface area contributed by atoms with Crippen LogP contribution in [0.25, 0.3) is 0 Å². The molecule has 3 fully saturated rings. The predicted octanol–water partition coefficient (Wildman–Crippen LogP) is 0.640. The van der Waals surface area contributed by atoms with E-state index in [1.165, 1.54) is 0 Å². The molecule has 2 heterocycles. The highest BCUT2D eigenvalue weighted by atomic mass is 16.8. The summed E-state index contributed by atoms with van der Waals surface area (Å²) in [6.45, 7) is 1.23. The lowest BCUT2D eigenvalue weighted by Gasteiger charge is -2.35. The molecule has 1 aliphatic carbocycles. The number of carbonyl (C=O) groups is 1. The van der Waals surface area contributed by atoms with E-state index < -0.39 is 0 Å². The van der Waals surface area contributed by atoms with Gasteiger partial charge in [-0.05, 0) is 6.42 Å². The number of hydrogen-bond acceptors (Lipinski definition) is 4. The summed E-state index contributed by atoms with van der Waals surface area (Å²) in [7, 11) is 0. The zero-order valence-corrected chi connectivity index (χ0v) is 8.03. The van der Waals surface area contributed by atoms with Gasteiger partial charge in [-0.2, -0.15) is 0 Å². The Morgan fingerprint density at radius 3 is 3.21 bits per heavy atom. The third-order valence-corrected chi connectivity index (χ3v) is 3.43. The molecule has 2 bridgehead atoms. The molecule has 0 aromatic heterocycles. The maximum Gasteiger partial charge on any atom is 0.182 e. The second-order valence-electron chi connectivity index (χ2n) is 4.30. The van der Waals surface area contributed by atoms with Crippen LogP contribution in [0.2, 0.25) is 0 Å². The fourth-order valence-electron chi connectivity index (χ4n) is 2.63. The molecular weight excluding hydrogens is 184 g/mol. The Kier molecular flexibility index (Phi) is 1.90. The van der Waals surface area contributed by atoms with Gasteiger partial charge in [0.25, 0.3) is 0 Å². The van der Waals surface area contributed by atoms with Gasteiger partial charge in [-0.25, -0.2) is 0 Å². The van der Waals surface area contributed by atoms with Crippen molar-refractivity contribution in [2.75, 3.05) is 13.2 Å². The van der Waals surface area contributed by atoms with Crippen molar-refractivity contribution in [3.05, 3.63) is 0 Å². The Morgan fingerprint density at radius 2 is 2.29 bits per heavy atom. The van der Waals surface area contributed by atoms with Crippen molar-refractivity contribution in [1.82, 2.24) is 0 Å². The molecule has 3 rings (SSSR count). The SMILES string of the molecule is O=C1CC[C@@]23CCOC[C@@H](O[C@@H]2C1)O3. The van der Waals surface area contributed by atoms with E-state index in [9.17, 15) is 4.79 Å². The van der Waals surface area contributed by atoms with Gasteiger partial charge in [0.05, 0.1) is 12.7 Å². The van der Waals surface area contributed by atoms with E-state index >= 15 is 0 Å². The minimum atomic E-state index is -0.242. The maximum atomic E-state index is 11.3. The summed E-state index contributed by atoms with van der Waals surface area (Å²) in [5, 5.41) is 0. The van der Waals surface area contributed by atoms with Crippen molar-refractivity contribution in [2.24, 2.45) is 0 Å². The highest BCUT2D eigenvalue weighted by molar-refractivity contribution is 5.80. The minimum absolute atomic E-state index is 0.0161. The number of ether oxygens (including phenoxy) is 3. The normalized spacial score (nSPS) is 47.3. The standard InChI is InChI=1S/C10H14O4/c11-7-1-2-10-3-4-12-6-9(14-10)13-8(10)5-7/h8-9H,1-6H2/t8-,9+,10-/m1/s1. The Labute approximate surface area is 82.5 Å². The second-order valence-corrected chi connectivity index (χ2v) is 4.30. The van der Waals surface area contributed by atoms with Crippen molar-refractivity contribution >= 4 is 5.78 Å². The number of fused-ring (bicyclic) bond motifs is 1. The van der Waals surface area contributed by atoms with Gasteiger partial charge in [-0.3, -0.25) is 4.79 Å². The van der Waals surface area contributed by atoms with E-state index in [4.69, 9.17) is 14.2 Å². The summed E-state index contributed by atoms with van der Waals surface area (Å²) in [5.74, 6) is 0.302. The van der Waals surface area contributed by atoms with Crippen LogP contribution in [0.15, 0.2) is 0 Å². The molecule has 3 aliphatic rings. The van der Waals surface area contributed by atoms with Crippen LogP contribution in [0.1, 0.15) is 25.7 Å². The van der Waals surface area contributed by atoms with Crippen LogP contribution in [0, 0.1) is 0 Å². The third-order valence-electron chi connectivity index (χ3n) is 3.43. The van der Waals surface area contributed by atoms with Crippen molar-refractivity contribution in [2.45, 2.75) is 43.7 Å². The summed E-state index contributed by atoms with van der Waals surface area (Å²) >= 11 is 0. The first-order chi connectivity index (χ1) is 6.78. The molecule has 0 amide bonds. The summed E-state index contributed by atoms with van der Waals surface area (Å²) in [6.07, 6.45) is 2.56. The van der Waals surface area contributed by atoms with Crippen LogP contribution in [-0.2, 0) is 19.0 Å².